The van der Waals surface area contributed by atoms with Gasteiger partial charge in [-0.05, 0) is 25.0 Å². The molecule has 20 heavy (non-hydrogen) atoms. The highest BCUT2D eigenvalue weighted by Crippen LogP contribution is 2.22. The van der Waals surface area contributed by atoms with Crippen molar-refractivity contribution in [2.75, 3.05) is 6.61 Å². The summed E-state index contributed by atoms with van der Waals surface area (Å²) < 4.78 is 53.3. The number of sulfonamides is 1. The number of hydrogen-bond donors (Lipinski definition) is 2. The first-order chi connectivity index (χ1) is 9.33. The zero-order valence-electron chi connectivity index (χ0n) is 10.8. The molecule has 0 heterocycles. The van der Waals surface area contributed by atoms with Crippen LogP contribution in [0.3, 0.4) is 0 Å². The summed E-state index contributed by atoms with van der Waals surface area (Å²) in [6.07, 6.45) is 3.74. The van der Waals surface area contributed by atoms with Gasteiger partial charge in [-0.2, -0.15) is 0 Å². The van der Waals surface area contributed by atoms with Crippen molar-refractivity contribution in [3.8, 4) is 0 Å². The molecular weight excluding hydrogens is 288 g/mol. The van der Waals surface area contributed by atoms with Gasteiger partial charge in [-0.25, -0.2) is 21.9 Å². The van der Waals surface area contributed by atoms with E-state index >= 15 is 0 Å². The van der Waals surface area contributed by atoms with E-state index in [0.29, 0.717) is 12.5 Å². The number of benzene rings is 1. The van der Waals surface area contributed by atoms with Gasteiger partial charge < -0.3 is 5.11 Å². The topological polar surface area (TPSA) is 66.4 Å². The van der Waals surface area contributed by atoms with Crippen LogP contribution in [-0.2, 0) is 10.0 Å². The molecule has 0 amide bonds. The summed E-state index contributed by atoms with van der Waals surface area (Å²) >= 11 is 0. The quantitative estimate of drug-likeness (QED) is 0.828. The highest BCUT2D eigenvalue weighted by atomic mass is 32.2. The fourth-order valence-corrected chi connectivity index (χ4v) is 3.44. The van der Waals surface area contributed by atoms with Crippen LogP contribution in [0.2, 0.25) is 0 Å². The summed E-state index contributed by atoms with van der Waals surface area (Å²) in [6.45, 7) is 1.30. The van der Waals surface area contributed by atoms with Crippen molar-refractivity contribution in [3.63, 3.8) is 0 Å². The Morgan fingerprint density at radius 2 is 2.00 bits per heavy atom. The van der Waals surface area contributed by atoms with Crippen LogP contribution in [0.15, 0.2) is 29.2 Å². The molecule has 0 unspecified atom stereocenters. The van der Waals surface area contributed by atoms with Crippen LogP contribution in [0.1, 0.15) is 12.0 Å². The Bertz CT molecular complexity index is 643. The maximum Gasteiger partial charge on any atom is 0.244 e. The molecule has 0 aromatic heterocycles. The fraction of sp³-hybridized carbons (Fsp3) is 0.385. The third-order valence-electron chi connectivity index (χ3n) is 3.22. The number of aryl methyl sites for hydroxylation is 1. The lowest BCUT2D eigenvalue weighted by Gasteiger charge is -2.14. The number of hydrogen-bond acceptors (Lipinski definition) is 3. The summed E-state index contributed by atoms with van der Waals surface area (Å²) in [5.74, 6) is -2.02. The first-order valence-corrected chi connectivity index (χ1v) is 7.59. The smallest absolute Gasteiger partial charge is 0.244 e. The summed E-state index contributed by atoms with van der Waals surface area (Å²) in [5.41, 5.74) is 0.0574. The molecule has 0 radical (unpaired) electrons. The molecule has 2 rings (SSSR count). The predicted molar refractivity (Wildman–Crippen MR) is 69.5 cm³/mol. The van der Waals surface area contributed by atoms with Crippen LogP contribution in [0.5, 0.6) is 0 Å². The average Bonchev–Trinajstić information content (AvgIpc) is 2.80. The molecule has 1 aromatic rings. The highest BCUT2D eigenvalue weighted by molar-refractivity contribution is 7.89. The van der Waals surface area contributed by atoms with E-state index < -0.39 is 32.6 Å². The molecule has 1 aliphatic carbocycles. The minimum Gasteiger partial charge on any atom is -0.396 e. The molecule has 1 aliphatic rings. The third-order valence-corrected chi connectivity index (χ3v) is 4.72. The molecule has 2 atom stereocenters. The molecule has 0 bridgehead atoms. The molecule has 0 aliphatic heterocycles. The van der Waals surface area contributed by atoms with Gasteiger partial charge in [-0.15, -0.1) is 0 Å². The summed E-state index contributed by atoms with van der Waals surface area (Å²) in [7, 11) is -4.07. The van der Waals surface area contributed by atoms with Gasteiger partial charge in [0.25, 0.3) is 0 Å². The zero-order valence-corrected chi connectivity index (χ0v) is 11.6. The van der Waals surface area contributed by atoms with Crippen LogP contribution in [0, 0.1) is 24.5 Å². The van der Waals surface area contributed by atoms with Crippen molar-refractivity contribution < 1.29 is 22.3 Å². The zero-order chi connectivity index (χ0) is 14.9. The number of aliphatic hydroxyl groups is 1. The lowest BCUT2D eigenvalue weighted by atomic mass is 10.1. The van der Waals surface area contributed by atoms with Gasteiger partial charge in [0.05, 0.1) is 0 Å². The number of nitrogens with one attached hydrogen (secondary N) is 1. The second-order valence-corrected chi connectivity index (χ2v) is 6.51. The standard InChI is InChI=1S/C13H15F2NO3S/c1-8-4-13(12(15)6-11(8)14)20(18,19)16-10-3-2-9(5-10)7-17/h2-4,6,9-10,16-17H,5,7H2,1H3/t9-,10+/m0/s1. The van der Waals surface area contributed by atoms with E-state index in [1.165, 1.54) is 6.92 Å². The Kier molecular flexibility index (Phi) is 4.22. The van der Waals surface area contributed by atoms with Crippen molar-refractivity contribution >= 4 is 10.0 Å². The van der Waals surface area contributed by atoms with Gasteiger partial charge in [-0.1, -0.05) is 12.2 Å². The first kappa shape index (κ1) is 15.1. The number of rotatable bonds is 4. The van der Waals surface area contributed by atoms with E-state index in [1.807, 2.05) is 0 Å². The molecule has 2 N–H and O–H groups in total. The Balaban J connectivity index is 2.24. The lowest BCUT2D eigenvalue weighted by molar-refractivity contribution is 0.248. The van der Waals surface area contributed by atoms with Gasteiger partial charge in [0.1, 0.15) is 16.5 Å². The van der Waals surface area contributed by atoms with E-state index in [9.17, 15) is 17.2 Å². The highest BCUT2D eigenvalue weighted by Gasteiger charge is 2.26. The molecule has 1 aromatic carbocycles. The summed E-state index contributed by atoms with van der Waals surface area (Å²) in [5, 5.41) is 8.98. The Morgan fingerprint density at radius 3 is 2.60 bits per heavy atom. The normalized spacial score (nSPS) is 22.4. The van der Waals surface area contributed by atoms with Crippen molar-refractivity contribution in [1.82, 2.24) is 4.72 Å². The monoisotopic (exact) mass is 303 g/mol. The van der Waals surface area contributed by atoms with E-state index in [4.69, 9.17) is 5.11 Å². The fourth-order valence-electron chi connectivity index (χ4n) is 2.10. The van der Waals surface area contributed by atoms with E-state index in [0.717, 1.165) is 6.07 Å². The lowest BCUT2D eigenvalue weighted by Crippen LogP contribution is -2.33. The average molecular weight is 303 g/mol. The van der Waals surface area contributed by atoms with E-state index in [1.54, 1.807) is 12.2 Å². The van der Waals surface area contributed by atoms with E-state index in [-0.39, 0.29) is 18.1 Å². The van der Waals surface area contributed by atoms with Crippen LogP contribution in [-0.4, -0.2) is 26.2 Å². The summed E-state index contributed by atoms with van der Waals surface area (Å²) in [6, 6.07) is 1.03. The van der Waals surface area contributed by atoms with Crippen LogP contribution < -0.4 is 4.72 Å². The van der Waals surface area contributed by atoms with Crippen molar-refractivity contribution in [1.29, 1.82) is 0 Å². The molecule has 7 heteroatoms. The third kappa shape index (κ3) is 3.05. The van der Waals surface area contributed by atoms with Crippen molar-refractivity contribution in [2.24, 2.45) is 5.92 Å². The van der Waals surface area contributed by atoms with Crippen molar-refractivity contribution in [3.05, 3.63) is 41.5 Å². The molecule has 0 fully saturated rings. The van der Waals surface area contributed by atoms with Gasteiger partial charge >= 0.3 is 0 Å². The van der Waals surface area contributed by atoms with Gasteiger partial charge in [0.2, 0.25) is 10.0 Å². The van der Waals surface area contributed by atoms with Gasteiger partial charge in [0.15, 0.2) is 0 Å². The van der Waals surface area contributed by atoms with Crippen molar-refractivity contribution in [2.45, 2.75) is 24.3 Å². The number of halogens is 2. The maximum atomic E-state index is 13.6. The van der Waals surface area contributed by atoms with Crippen LogP contribution >= 0.6 is 0 Å². The predicted octanol–water partition coefficient (Wildman–Crippen LogP) is 1.49. The number of aliphatic hydroxyl groups excluding tert-OH is 1. The minimum absolute atomic E-state index is 0.0574. The van der Waals surface area contributed by atoms with Crippen LogP contribution in [0.4, 0.5) is 8.78 Å². The Labute approximate surface area is 116 Å². The van der Waals surface area contributed by atoms with Gasteiger partial charge in [0, 0.05) is 24.6 Å². The second-order valence-electron chi connectivity index (χ2n) is 4.82. The molecule has 110 valence electrons. The molecule has 0 saturated heterocycles. The molecule has 0 spiro atoms. The Morgan fingerprint density at radius 1 is 1.30 bits per heavy atom. The SMILES string of the molecule is Cc1cc(S(=O)(=O)N[C@@H]2C=C[C@H](CO)C2)c(F)cc1F. The minimum atomic E-state index is -4.07. The largest absolute Gasteiger partial charge is 0.396 e. The maximum absolute atomic E-state index is 13.6. The van der Waals surface area contributed by atoms with Crippen LogP contribution in [0.25, 0.3) is 0 Å². The second kappa shape index (κ2) is 5.59. The van der Waals surface area contributed by atoms with Gasteiger partial charge in [-0.3, -0.25) is 0 Å². The Hall–Kier alpha value is -1.31. The molecule has 0 saturated carbocycles. The first-order valence-electron chi connectivity index (χ1n) is 6.10. The molecular formula is C13H15F2NO3S. The van der Waals surface area contributed by atoms with E-state index in [2.05, 4.69) is 4.72 Å². The molecule has 4 nitrogen and oxygen atoms in total. The summed E-state index contributed by atoms with van der Waals surface area (Å²) in [4.78, 5) is -0.572.